The molecule has 0 bridgehead atoms. The number of aryl methyl sites for hydroxylation is 1. The van der Waals surface area contributed by atoms with Crippen LogP contribution in [0.3, 0.4) is 0 Å². The lowest BCUT2D eigenvalue weighted by atomic mass is 10.2. The fraction of sp³-hybridized carbons (Fsp3) is 0.714. The van der Waals surface area contributed by atoms with Gasteiger partial charge in [-0.25, -0.2) is 0 Å². The van der Waals surface area contributed by atoms with E-state index in [-0.39, 0.29) is 6.04 Å². The molecule has 1 aromatic heterocycles. The number of nitrogens with zero attached hydrogens (tertiary/aromatic N) is 2. The van der Waals surface area contributed by atoms with E-state index in [1.54, 1.807) is 0 Å². The van der Waals surface area contributed by atoms with Gasteiger partial charge in [-0.2, -0.15) is 4.98 Å². The number of nitrogens with two attached hydrogens (primary N) is 1. The molecule has 0 aliphatic rings. The Morgan fingerprint density at radius 1 is 1.55 bits per heavy atom. The summed E-state index contributed by atoms with van der Waals surface area (Å²) in [6.45, 7) is 3.96. The van der Waals surface area contributed by atoms with Gasteiger partial charge in [0.25, 0.3) is 0 Å². The molecule has 2 N–H and O–H groups in total. The van der Waals surface area contributed by atoms with Crippen LogP contribution in [0, 0.1) is 0 Å². The molecule has 4 heteroatoms. The maximum absolute atomic E-state index is 5.67. The van der Waals surface area contributed by atoms with Gasteiger partial charge in [0.2, 0.25) is 5.89 Å². The van der Waals surface area contributed by atoms with Gasteiger partial charge in [-0.1, -0.05) is 19.0 Å². The van der Waals surface area contributed by atoms with Gasteiger partial charge in [-0.05, 0) is 6.42 Å². The van der Waals surface area contributed by atoms with Gasteiger partial charge in [0, 0.05) is 6.42 Å². The van der Waals surface area contributed by atoms with Crippen LogP contribution in [0.25, 0.3) is 0 Å². The zero-order valence-corrected chi connectivity index (χ0v) is 6.87. The molecule has 0 saturated carbocycles. The minimum atomic E-state index is -0.109. The number of aromatic nitrogens is 2. The zero-order chi connectivity index (χ0) is 8.27. The van der Waals surface area contributed by atoms with Crippen LogP contribution in [-0.2, 0) is 6.42 Å². The Balaban J connectivity index is 2.71. The van der Waals surface area contributed by atoms with Gasteiger partial charge in [-0.3, -0.25) is 0 Å². The third-order valence-corrected chi connectivity index (χ3v) is 1.56. The van der Waals surface area contributed by atoms with Crippen LogP contribution in [-0.4, -0.2) is 10.1 Å². The zero-order valence-electron chi connectivity index (χ0n) is 6.87. The van der Waals surface area contributed by atoms with Crippen molar-refractivity contribution in [2.45, 2.75) is 32.7 Å². The topological polar surface area (TPSA) is 64.9 Å². The van der Waals surface area contributed by atoms with E-state index in [1.165, 1.54) is 0 Å². The van der Waals surface area contributed by atoms with Crippen LogP contribution in [0.15, 0.2) is 4.52 Å². The predicted octanol–water partition coefficient (Wildman–Crippen LogP) is 1.04. The molecule has 1 aromatic rings. The summed E-state index contributed by atoms with van der Waals surface area (Å²) in [4.78, 5) is 4.10. The van der Waals surface area contributed by atoms with E-state index in [0.29, 0.717) is 5.89 Å². The summed E-state index contributed by atoms with van der Waals surface area (Å²) in [6.07, 6.45) is 1.62. The molecule has 0 aliphatic heterocycles. The fourth-order valence-corrected chi connectivity index (χ4v) is 0.736. The Morgan fingerprint density at radius 2 is 2.27 bits per heavy atom. The van der Waals surface area contributed by atoms with E-state index in [9.17, 15) is 0 Å². The van der Waals surface area contributed by atoms with Crippen LogP contribution in [0.1, 0.15) is 38.0 Å². The minimum Gasteiger partial charge on any atom is -0.338 e. The summed E-state index contributed by atoms with van der Waals surface area (Å²) >= 11 is 0. The fourth-order valence-electron chi connectivity index (χ4n) is 0.736. The molecule has 11 heavy (non-hydrogen) atoms. The van der Waals surface area contributed by atoms with Crippen molar-refractivity contribution in [3.05, 3.63) is 11.7 Å². The Bertz CT molecular complexity index is 221. The van der Waals surface area contributed by atoms with Crippen molar-refractivity contribution < 1.29 is 4.52 Å². The van der Waals surface area contributed by atoms with Crippen LogP contribution >= 0.6 is 0 Å². The van der Waals surface area contributed by atoms with E-state index >= 15 is 0 Å². The normalized spacial score (nSPS) is 13.4. The molecule has 1 atom stereocenters. The molecule has 0 fully saturated rings. The molecule has 0 unspecified atom stereocenters. The second-order valence-corrected chi connectivity index (χ2v) is 2.42. The molecule has 4 nitrogen and oxygen atoms in total. The molecule has 1 rings (SSSR count). The maximum atomic E-state index is 5.67. The summed E-state index contributed by atoms with van der Waals surface area (Å²) in [5, 5.41) is 3.74. The van der Waals surface area contributed by atoms with Gasteiger partial charge < -0.3 is 10.3 Å². The van der Waals surface area contributed by atoms with Gasteiger partial charge in [-0.15, -0.1) is 0 Å². The summed E-state index contributed by atoms with van der Waals surface area (Å²) in [5.74, 6) is 1.27. The third-order valence-electron chi connectivity index (χ3n) is 1.56. The van der Waals surface area contributed by atoms with Crippen molar-refractivity contribution in [1.29, 1.82) is 0 Å². The average Bonchev–Trinajstić information content (AvgIpc) is 2.50. The van der Waals surface area contributed by atoms with Crippen LogP contribution in [0.2, 0.25) is 0 Å². The van der Waals surface area contributed by atoms with Gasteiger partial charge in [0.05, 0.1) is 6.04 Å². The Hall–Kier alpha value is -0.900. The summed E-state index contributed by atoms with van der Waals surface area (Å²) < 4.78 is 4.92. The smallest absolute Gasteiger partial charge is 0.243 e. The first kappa shape index (κ1) is 8.20. The molecular formula is C7H13N3O. The SMILES string of the molecule is CCc1noc([C@@H](N)CC)n1. The average molecular weight is 155 g/mol. The van der Waals surface area contributed by atoms with Crippen LogP contribution in [0.5, 0.6) is 0 Å². The molecule has 62 valence electrons. The Morgan fingerprint density at radius 3 is 2.73 bits per heavy atom. The number of hydrogen-bond acceptors (Lipinski definition) is 4. The van der Waals surface area contributed by atoms with E-state index in [2.05, 4.69) is 10.1 Å². The molecule has 0 amide bonds. The molecule has 0 saturated heterocycles. The van der Waals surface area contributed by atoms with E-state index in [0.717, 1.165) is 18.7 Å². The second-order valence-electron chi connectivity index (χ2n) is 2.42. The predicted molar refractivity (Wildman–Crippen MR) is 40.9 cm³/mol. The monoisotopic (exact) mass is 155 g/mol. The van der Waals surface area contributed by atoms with Crippen molar-refractivity contribution in [3.63, 3.8) is 0 Å². The summed E-state index contributed by atoms with van der Waals surface area (Å²) in [5.41, 5.74) is 5.67. The highest BCUT2D eigenvalue weighted by atomic mass is 16.5. The highest BCUT2D eigenvalue weighted by Gasteiger charge is 2.10. The van der Waals surface area contributed by atoms with Crippen molar-refractivity contribution in [3.8, 4) is 0 Å². The molecule has 1 heterocycles. The quantitative estimate of drug-likeness (QED) is 0.708. The first-order chi connectivity index (χ1) is 5.27. The molecular weight excluding hydrogens is 142 g/mol. The van der Waals surface area contributed by atoms with Crippen molar-refractivity contribution >= 4 is 0 Å². The minimum absolute atomic E-state index is 0.109. The largest absolute Gasteiger partial charge is 0.338 e. The molecule has 0 radical (unpaired) electrons. The lowest BCUT2D eigenvalue weighted by Gasteiger charge is -1.98. The Kier molecular flexibility index (Phi) is 2.59. The maximum Gasteiger partial charge on any atom is 0.243 e. The van der Waals surface area contributed by atoms with E-state index < -0.39 is 0 Å². The Labute approximate surface area is 65.8 Å². The van der Waals surface area contributed by atoms with Gasteiger partial charge in [0.15, 0.2) is 5.82 Å². The summed E-state index contributed by atoms with van der Waals surface area (Å²) in [7, 11) is 0. The third kappa shape index (κ3) is 1.77. The number of hydrogen-bond donors (Lipinski definition) is 1. The lowest BCUT2D eigenvalue weighted by Crippen LogP contribution is -2.08. The highest BCUT2D eigenvalue weighted by Crippen LogP contribution is 2.10. The van der Waals surface area contributed by atoms with Crippen molar-refractivity contribution in [2.75, 3.05) is 0 Å². The van der Waals surface area contributed by atoms with Crippen molar-refractivity contribution in [2.24, 2.45) is 5.73 Å². The standard InChI is InChI=1S/C7H13N3O/c1-3-5(8)7-9-6(4-2)10-11-7/h5H,3-4,8H2,1-2H3/t5-/m0/s1. The molecule has 0 aromatic carbocycles. The molecule has 0 aliphatic carbocycles. The highest BCUT2D eigenvalue weighted by molar-refractivity contribution is 4.90. The number of rotatable bonds is 3. The van der Waals surface area contributed by atoms with E-state index in [1.807, 2.05) is 13.8 Å². The second kappa shape index (κ2) is 3.48. The van der Waals surface area contributed by atoms with Gasteiger partial charge >= 0.3 is 0 Å². The summed E-state index contributed by atoms with van der Waals surface area (Å²) in [6, 6.07) is -0.109. The van der Waals surface area contributed by atoms with E-state index in [4.69, 9.17) is 10.3 Å². The van der Waals surface area contributed by atoms with Crippen molar-refractivity contribution in [1.82, 2.24) is 10.1 Å². The van der Waals surface area contributed by atoms with Crippen LogP contribution in [0.4, 0.5) is 0 Å². The van der Waals surface area contributed by atoms with Gasteiger partial charge in [0.1, 0.15) is 0 Å². The molecule has 0 spiro atoms. The first-order valence-corrected chi connectivity index (χ1v) is 3.86. The lowest BCUT2D eigenvalue weighted by molar-refractivity contribution is 0.348. The first-order valence-electron chi connectivity index (χ1n) is 3.86. The van der Waals surface area contributed by atoms with Crippen LogP contribution < -0.4 is 5.73 Å².